The van der Waals surface area contributed by atoms with Crippen LogP contribution < -0.4 is 5.73 Å². The number of nitrogens with zero attached hydrogens (tertiary/aromatic N) is 2. The van der Waals surface area contributed by atoms with Crippen LogP contribution in [-0.4, -0.2) is 10.1 Å². The van der Waals surface area contributed by atoms with E-state index in [9.17, 15) is 0 Å². The van der Waals surface area contributed by atoms with Gasteiger partial charge in [-0.2, -0.15) is 4.98 Å². The van der Waals surface area contributed by atoms with Crippen molar-refractivity contribution in [3.63, 3.8) is 0 Å². The molecule has 0 saturated heterocycles. The standard InChI is InChI=1S/C17H23N3O/c1-2-12-6-8-14(10-12)17-19-16(21-20-17)9-7-13-4-3-5-15(18)11-13/h3-5,11-12,14H,2,6-10,18H2,1H3. The fourth-order valence-corrected chi connectivity index (χ4v) is 3.22. The van der Waals surface area contributed by atoms with Crippen molar-refractivity contribution in [1.82, 2.24) is 10.1 Å². The molecule has 21 heavy (non-hydrogen) atoms. The lowest BCUT2D eigenvalue weighted by Gasteiger charge is -2.04. The van der Waals surface area contributed by atoms with Crippen LogP contribution in [0.15, 0.2) is 28.8 Å². The lowest BCUT2D eigenvalue weighted by Crippen LogP contribution is -1.98. The third-order valence-corrected chi connectivity index (χ3v) is 4.55. The van der Waals surface area contributed by atoms with Crippen LogP contribution in [-0.2, 0) is 12.8 Å². The molecule has 4 heteroatoms. The molecule has 4 nitrogen and oxygen atoms in total. The molecule has 1 saturated carbocycles. The number of benzene rings is 1. The van der Waals surface area contributed by atoms with Gasteiger partial charge in [0, 0.05) is 18.0 Å². The summed E-state index contributed by atoms with van der Waals surface area (Å²) in [4.78, 5) is 4.59. The summed E-state index contributed by atoms with van der Waals surface area (Å²) in [6.07, 6.45) is 6.64. The van der Waals surface area contributed by atoms with Crippen LogP contribution in [0.1, 0.15) is 55.8 Å². The summed E-state index contributed by atoms with van der Waals surface area (Å²) in [6.45, 7) is 2.26. The highest BCUT2D eigenvalue weighted by atomic mass is 16.5. The molecule has 1 fully saturated rings. The minimum atomic E-state index is 0.500. The van der Waals surface area contributed by atoms with Crippen molar-refractivity contribution in [2.45, 2.75) is 51.4 Å². The fraction of sp³-hybridized carbons (Fsp3) is 0.529. The second-order valence-electron chi connectivity index (χ2n) is 6.08. The van der Waals surface area contributed by atoms with E-state index < -0.39 is 0 Å². The molecule has 112 valence electrons. The number of hydrogen-bond donors (Lipinski definition) is 1. The largest absolute Gasteiger partial charge is 0.399 e. The Labute approximate surface area is 125 Å². The zero-order valence-corrected chi connectivity index (χ0v) is 12.6. The maximum atomic E-state index is 5.79. The Morgan fingerprint density at radius 1 is 1.29 bits per heavy atom. The van der Waals surface area contributed by atoms with Gasteiger partial charge in [-0.3, -0.25) is 0 Å². The topological polar surface area (TPSA) is 64.9 Å². The Balaban J connectivity index is 1.58. The summed E-state index contributed by atoms with van der Waals surface area (Å²) in [7, 11) is 0. The Morgan fingerprint density at radius 2 is 2.19 bits per heavy atom. The first-order chi connectivity index (χ1) is 10.2. The number of aromatic nitrogens is 2. The summed E-state index contributed by atoms with van der Waals surface area (Å²) >= 11 is 0. The van der Waals surface area contributed by atoms with Crippen molar-refractivity contribution in [3.05, 3.63) is 41.5 Å². The highest BCUT2D eigenvalue weighted by molar-refractivity contribution is 5.40. The first kappa shape index (κ1) is 14.1. The summed E-state index contributed by atoms with van der Waals surface area (Å²) in [5.74, 6) is 2.99. The molecule has 2 unspecified atom stereocenters. The summed E-state index contributed by atoms with van der Waals surface area (Å²) < 4.78 is 5.41. The van der Waals surface area contributed by atoms with Gasteiger partial charge in [0.2, 0.25) is 5.89 Å². The average Bonchev–Trinajstić information content (AvgIpc) is 3.14. The molecule has 3 rings (SSSR count). The Hall–Kier alpha value is -1.84. The van der Waals surface area contributed by atoms with Gasteiger partial charge in [-0.05, 0) is 49.3 Å². The maximum Gasteiger partial charge on any atom is 0.226 e. The van der Waals surface area contributed by atoms with Crippen molar-refractivity contribution in [1.29, 1.82) is 0 Å². The Kier molecular flexibility index (Phi) is 4.23. The van der Waals surface area contributed by atoms with Gasteiger partial charge in [0.15, 0.2) is 5.82 Å². The molecule has 1 heterocycles. The molecule has 0 amide bonds. The third-order valence-electron chi connectivity index (χ3n) is 4.55. The first-order valence-corrected chi connectivity index (χ1v) is 7.91. The quantitative estimate of drug-likeness (QED) is 0.850. The van der Waals surface area contributed by atoms with Gasteiger partial charge in [0.25, 0.3) is 0 Å². The van der Waals surface area contributed by atoms with Crippen LogP contribution in [0.3, 0.4) is 0 Å². The smallest absolute Gasteiger partial charge is 0.226 e. The predicted molar refractivity (Wildman–Crippen MR) is 82.9 cm³/mol. The summed E-state index contributed by atoms with van der Waals surface area (Å²) in [6, 6.07) is 7.96. The van der Waals surface area contributed by atoms with Crippen LogP contribution in [0.25, 0.3) is 0 Å². The third kappa shape index (κ3) is 3.43. The SMILES string of the molecule is CCC1CCC(c2noc(CCc3cccc(N)c3)n2)C1. The van der Waals surface area contributed by atoms with Crippen LogP contribution in [0.4, 0.5) is 5.69 Å². The number of rotatable bonds is 5. The van der Waals surface area contributed by atoms with Gasteiger partial charge in [0.05, 0.1) is 0 Å². The highest BCUT2D eigenvalue weighted by Gasteiger charge is 2.28. The van der Waals surface area contributed by atoms with Gasteiger partial charge in [-0.1, -0.05) is 30.6 Å². The Bertz CT molecular complexity index is 593. The van der Waals surface area contributed by atoms with Crippen molar-refractivity contribution in [2.75, 3.05) is 5.73 Å². The molecule has 0 aliphatic heterocycles. The molecule has 0 spiro atoms. The molecule has 0 bridgehead atoms. The molecule has 2 N–H and O–H groups in total. The van der Waals surface area contributed by atoms with E-state index in [1.807, 2.05) is 18.2 Å². The summed E-state index contributed by atoms with van der Waals surface area (Å²) in [5, 5.41) is 4.19. The molecule has 2 atom stereocenters. The normalized spacial score (nSPS) is 21.8. The van der Waals surface area contributed by atoms with Gasteiger partial charge in [-0.25, -0.2) is 0 Å². The first-order valence-electron chi connectivity index (χ1n) is 7.91. The molecule has 2 aromatic rings. The van der Waals surface area contributed by atoms with E-state index in [1.165, 1.54) is 31.2 Å². The predicted octanol–water partition coefficient (Wildman–Crippen LogP) is 3.73. The van der Waals surface area contributed by atoms with Crippen LogP contribution in [0, 0.1) is 5.92 Å². The van der Waals surface area contributed by atoms with E-state index >= 15 is 0 Å². The number of nitrogen functional groups attached to an aromatic ring is 1. The van der Waals surface area contributed by atoms with E-state index in [0.29, 0.717) is 5.92 Å². The lowest BCUT2D eigenvalue weighted by atomic mass is 10.0. The van der Waals surface area contributed by atoms with E-state index in [-0.39, 0.29) is 0 Å². The van der Waals surface area contributed by atoms with E-state index in [4.69, 9.17) is 10.3 Å². The number of nitrogens with two attached hydrogens (primary N) is 1. The monoisotopic (exact) mass is 285 g/mol. The minimum absolute atomic E-state index is 0.500. The van der Waals surface area contributed by atoms with E-state index in [2.05, 4.69) is 23.1 Å². The zero-order valence-electron chi connectivity index (χ0n) is 12.6. The van der Waals surface area contributed by atoms with Crippen LogP contribution in [0.5, 0.6) is 0 Å². The average molecular weight is 285 g/mol. The van der Waals surface area contributed by atoms with Crippen molar-refractivity contribution < 1.29 is 4.52 Å². The molecular weight excluding hydrogens is 262 g/mol. The van der Waals surface area contributed by atoms with Gasteiger partial charge >= 0.3 is 0 Å². The van der Waals surface area contributed by atoms with Gasteiger partial charge < -0.3 is 10.3 Å². The minimum Gasteiger partial charge on any atom is -0.399 e. The number of anilines is 1. The molecule has 1 aromatic carbocycles. The Morgan fingerprint density at radius 3 is 2.95 bits per heavy atom. The second-order valence-corrected chi connectivity index (χ2v) is 6.08. The number of hydrogen-bond acceptors (Lipinski definition) is 4. The van der Waals surface area contributed by atoms with Crippen LogP contribution >= 0.6 is 0 Å². The van der Waals surface area contributed by atoms with Crippen molar-refractivity contribution >= 4 is 5.69 Å². The molecule has 1 aromatic heterocycles. The lowest BCUT2D eigenvalue weighted by molar-refractivity contribution is 0.369. The van der Waals surface area contributed by atoms with Gasteiger partial charge in [-0.15, -0.1) is 0 Å². The van der Waals surface area contributed by atoms with E-state index in [1.54, 1.807) is 0 Å². The maximum absolute atomic E-state index is 5.79. The molecule has 1 aliphatic rings. The molecule has 0 radical (unpaired) electrons. The van der Waals surface area contributed by atoms with E-state index in [0.717, 1.165) is 36.2 Å². The summed E-state index contributed by atoms with van der Waals surface area (Å²) in [5.41, 5.74) is 7.80. The zero-order chi connectivity index (χ0) is 14.7. The number of aryl methyl sites for hydroxylation is 2. The fourth-order valence-electron chi connectivity index (χ4n) is 3.22. The van der Waals surface area contributed by atoms with Crippen LogP contribution in [0.2, 0.25) is 0 Å². The molecule has 1 aliphatic carbocycles. The van der Waals surface area contributed by atoms with Crippen molar-refractivity contribution in [3.8, 4) is 0 Å². The molecular formula is C17H23N3O. The second kappa shape index (κ2) is 6.29. The van der Waals surface area contributed by atoms with Crippen molar-refractivity contribution in [2.24, 2.45) is 5.92 Å². The van der Waals surface area contributed by atoms with Gasteiger partial charge in [0.1, 0.15) is 0 Å². The highest BCUT2D eigenvalue weighted by Crippen LogP contribution is 2.38.